The molecule has 1 aromatic heterocycles. The molecule has 0 saturated carbocycles. The summed E-state index contributed by atoms with van der Waals surface area (Å²) in [6.45, 7) is 6.53. The molecule has 1 aromatic carbocycles. The number of carbonyl (C=O) groups excluding carboxylic acids is 2. The summed E-state index contributed by atoms with van der Waals surface area (Å²) in [7, 11) is 3.22. The molecule has 0 bridgehead atoms. The zero-order chi connectivity index (χ0) is 30.2. The number of aromatic nitrogens is 1. The lowest BCUT2D eigenvalue weighted by atomic mass is 10.1. The molecule has 3 aliphatic rings. The second kappa shape index (κ2) is 14.2. The molecule has 13 nitrogen and oxygen atoms in total. The minimum atomic E-state index is -0.218. The SMILES string of the molecule is COCCN(CCOC)C(=O)Nc1cccc(N2C=C(Nc3ccc(C(=O)N4CCOCC4)cn3)C3=NC=C[N+]3C2)c1C. The number of morpholine rings is 1. The summed E-state index contributed by atoms with van der Waals surface area (Å²) in [6.07, 6.45) is 7.24. The van der Waals surface area contributed by atoms with Crippen LogP contribution in [-0.2, 0) is 14.2 Å². The van der Waals surface area contributed by atoms with Gasteiger partial charge < -0.3 is 34.6 Å². The average Bonchev–Trinajstić information content (AvgIpc) is 3.52. The maximum atomic E-state index is 13.1. The highest BCUT2D eigenvalue weighted by molar-refractivity contribution is 6.06. The van der Waals surface area contributed by atoms with Gasteiger partial charge in [-0.25, -0.2) is 9.78 Å². The summed E-state index contributed by atoms with van der Waals surface area (Å²) in [6, 6.07) is 9.17. The number of ether oxygens (including phenoxy) is 3. The molecule has 43 heavy (non-hydrogen) atoms. The number of hydrogen-bond acceptors (Lipinski definition) is 10. The van der Waals surface area contributed by atoms with E-state index < -0.39 is 0 Å². The first-order valence-electron chi connectivity index (χ1n) is 14.2. The molecule has 0 atom stereocenters. The standard InChI is InChI=1S/C30H38N8O5/c1-22-24(34-30(40)36(11-15-41-2)12-16-42-3)5-4-6-26(22)38-20-25(28-31-9-10-37(28)21-38)33-27-8-7-23(19-32-27)29(39)35-13-17-43-18-14-35/h4-10,19-20H,11-18,21H2,1-3H3,(H,32,33)(H,34,40)/q+1. The molecule has 227 valence electrons. The van der Waals surface area contributed by atoms with Gasteiger partial charge in [-0.15, -0.1) is 0 Å². The second-order valence-electron chi connectivity index (χ2n) is 10.2. The van der Waals surface area contributed by atoms with Crippen LogP contribution in [0.2, 0.25) is 0 Å². The third-order valence-electron chi connectivity index (χ3n) is 7.39. The van der Waals surface area contributed by atoms with Crippen molar-refractivity contribution in [2.45, 2.75) is 6.92 Å². The number of nitrogens with one attached hydrogen (secondary N) is 2. The Morgan fingerprint density at radius 1 is 1.09 bits per heavy atom. The van der Waals surface area contributed by atoms with Crippen molar-refractivity contribution in [1.29, 1.82) is 0 Å². The number of urea groups is 1. The molecular formula is C30H38N8O5+. The maximum Gasteiger partial charge on any atom is 0.322 e. The van der Waals surface area contributed by atoms with E-state index in [1.165, 1.54) is 0 Å². The van der Waals surface area contributed by atoms with Gasteiger partial charge in [-0.1, -0.05) is 11.0 Å². The molecule has 2 aromatic rings. The van der Waals surface area contributed by atoms with Crippen LogP contribution < -0.4 is 20.4 Å². The van der Waals surface area contributed by atoms with Crippen LogP contribution in [0.15, 0.2) is 65.8 Å². The summed E-state index contributed by atoms with van der Waals surface area (Å²) in [5, 5.41) is 6.43. The molecule has 0 spiro atoms. The average molecular weight is 591 g/mol. The van der Waals surface area contributed by atoms with Gasteiger partial charge in [0.1, 0.15) is 11.5 Å². The normalized spacial score (nSPS) is 16.4. The van der Waals surface area contributed by atoms with Gasteiger partial charge in [0.2, 0.25) is 6.67 Å². The topological polar surface area (TPSA) is 127 Å². The number of anilines is 3. The van der Waals surface area contributed by atoms with E-state index in [9.17, 15) is 9.59 Å². The molecular weight excluding hydrogens is 552 g/mol. The molecule has 13 heteroatoms. The van der Waals surface area contributed by atoms with Gasteiger partial charge in [0.05, 0.1) is 43.9 Å². The van der Waals surface area contributed by atoms with E-state index in [0.29, 0.717) is 76.3 Å². The number of benzene rings is 1. The van der Waals surface area contributed by atoms with E-state index in [4.69, 9.17) is 14.2 Å². The summed E-state index contributed by atoms with van der Waals surface area (Å²) in [5.74, 6) is 1.30. The largest absolute Gasteiger partial charge is 0.383 e. The molecule has 0 unspecified atom stereocenters. The van der Waals surface area contributed by atoms with Gasteiger partial charge in [0.25, 0.3) is 5.91 Å². The van der Waals surface area contributed by atoms with Crippen molar-refractivity contribution >= 4 is 35.0 Å². The number of hydrogen-bond donors (Lipinski definition) is 2. The number of pyridine rings is 1. The fraction of sp³-hybridized carbons (Fsp3) is 0.400. The van der Waals surface area contributed by atoms with Crippen LogP contribution in [0, 0.1) is 6.92 Å². The highest BCUT2D eigenvalue weighted by atomic mass is 16.5. The molecule has 1 radical (unpaired) electrons. The molecule has 5 rings (SSSR count). The number of fused-ring (bicyclic) bond motifs is 1. The minimum absolute atomic E-state index is 0.0519. The van der Waals surface area contributed by atoms with Crippen molar-refractivity contribution in [3.05, 3.63) is 72.0 Å². The van der Waals surface area contributed by atoms with Crippen molar-refractivity contribution in [3.63, 3.8) is 0 Å². The van der Waals surface area contributed by atoms with Crippen molar-refractivity contribution in [3.8, 4) is 0 Å². The van der Waals surface area contributed by atoms with E-state index in [2.05, 4.69) is 25.5 Å². The fourth-order valence-corrected chi connectivity index (χ4v) is 4.98. The molecule has 3 amide bonds. The quantitative estimate of drug-likeness (QED) is 0.383. The Morgan fingerprint density at radius 2 is 1.86 bits per heavy atom. The Hall–Kier alpha value is -4.30. The van der Waals surface area contributed by atoms with E-state index in [0.717, 1.165) is 22.8 Å². The first-order valence-corrected chi connectivity index (χ1v) is 14.2. The van der Waals surface area contributed by atoms with Gasteiger partial charge in [0.15, 0.2) is 6.20 Å². The van der Waals surface area contributed by atoms with Crippen molar-refractivity contribution < 1.29 is 23.8 Å². The lowest BCUT2D eigenvalue weighted by molar-refractivity contribution is 0.0302. The Morgan fingerprint density at radius 3 is 2.56 bits per heavy atom. The molecule has 0 aliphatic carbocycles. The van der Waals surface area contributed by atoms with Crippen molar-refractivity contribution in [1.82, 2.24) is 19.7 Å². The fourth-order valence-electron chi connectivity index (χ4n) is 4.98. The number of amidine groups is 1. The van der Waals surface area contributed by atoms with Gasteiger partial charge in [-0.05, 0) is 36.8 Å². The third-order valence-corrected chi connectivity index (χ3v) is 7.39. The van der Waals surface area contributed by atoms with E-state index in [1.807, 2.05) is 42.4 Å². The van der Waals surface area contributed by atoms with Gasteiger partial charge in [-0.2, -0.15) is 4.99 Å². The zero-order valence-corrected chi connectivity index (χ0v) is 24.8. The number of methoxy groups -OCH3 is 2. The number of amides is 3. The Bertz CT molecular complexity index is 1380. The smallest absolute Gasteiger partial charge is 0.322 e. The minimum Gasteiger partial charge on any atom is -0.383 e. The Balaban J connectivity index is 1.33. The first-order chi connectivity index (χ1) is 21.0. The van der Waals surface area contributed by atoms with E-state index in [-0.39, 0.29) is 11.9 Å². The lowest BCUT2D eigenvalue weighted by Gasteiger charge is -2.28. The second-order valence-corrected chi connectivity index (χ2v) is 10.2. The number of aliphatic imine (C=N–C) groups is 1. The lowest BCUT2D eigenvalue weighted by Crippen LogP contribution is -2.46. The van der Waals surface area contributed by atoms with Crippen LogP contribution >= 0.6 is 0 Å². The molecule has 3 aliphatic heterocycles. The highest BCUT2D eigenvalue weighted by Crippen LogP contribution is 2.30. The number of carbonyl (C=O) groups is 2. The van der Waals surface area contributed by atoms with Crippen molar-refractivity contribution in [2.75, 3.05) is 89.0 Å². The molecule has 4 heterocycles. The monoisotopic (exact) mass is 590 g/mol. The molecule has 1 saturated heterocycles. The highest BCUT2D eigenvalue weighted by Gasteiger charge is 2.37. The van der Waals surface area contributed by atoms with Crippen LogP contribution in [0.4, 0.5) is 22.0 Å². The third kappa shape index (κ3) is 7.20. The van der Waals surface area contributed by atoms with Crippen LogP contribution in [0.1, 0.15) is 15.9 Å². The van der Waals surface area contributed by atoms with Gasteiger partial charge in [-0.3, -0.25) is 9.69 Å². The van der Waals surface area contributed by atoms with Gasteiger partial charge in [0, 0.05) is 58.5 Å². The van der Waals surface area contributed by atoms with E-state index in [1.54, 1.807) is 48.5 Å². The molecule has 2 N–H and O–H groups in total. The Labute approximate surface area is 251 Å². The molecule has 1 fully saturated rings. The number of rotatable bonds is 11. The summed E-state index contributed by atoms with van der Waals surface area (Å²) >= 11 is 0. The van der Waals surface area contributed by atoms with Crippen LogP contribution in [-0.4, -0.2) is 106 Å². The van der Waals surface area contributed by atoms with Crippen molar-refractivity contribution in [2.24, 2.45) is 4.99 Å². The van der Waals surface area contributed by atoms with Crippen LogP contribution in [0.3, 0.4) is 0 Å². The summed E-state index contributed by atoms with van der Waals surface area (Å²) in [5.41, 5.74) is 3.83. The van der Waals surface area contributed by atoms with E-state index >= 15 is 0 Å². The van der Waals surface area contributed by atoms with Crippen LogP contribution in [0.25, 0.3) is 0 Å². The Kier molecular flexibility index (Phi) is 10.00. The predicted molar refractivity (Wildman–Crippen MR) is 164 cm³/mol. The predicted octanol–water partition coefficient (Wildman–Crippen LogP) is 2.74. The first kappa shape index (κ1) is 30.2. The zero-order valence-electron chi connectivity index (χ0n) is 24.8. The summed E-state index contributed by atoms with van der Waals surface area (Å²) in [4.78, 5) is 42.6. The summed E-state index contributed by atoms with van der Waals surface area (Å²) < 4.78 is 15.7. The number of nitrogens with zero attached hydrogens (tertiary/aromatic N) is 6. The maximum absolute atomic E-state index is 13.1. The van der Waals surface area contributed by atoms with Crippen LogP contribution in [0.5, 0.6) is 0 Å². The van der Waals surface area contributed by atoms with Gasteiger partial charge >= 0.3 is 11.9 Å².